The molecule has 0 spiro atoms. The van der Waals surface area contributed by atoms with Gasteiger partial charge in [-0.1, -0.05) is 0 Å². The van der Waals surface area contributed by atoms with Crippen molar-refractivity contribution in [3.05, 3.63) is 17.0 Å². The Kier molecular flexibility index (Phi) is 3.28. The molecule has 4 nitrogen and oxygen atoms in total. The van der Waals surface area contributed by atoms with Crippen molar-refractivity contribution in [3.63, 3.8) is 0 Å². The minimum atomic E-state index is -0.232. The Labute approximate surface area is 84.1 Å². The smallest absolute Gasteiger partial charge is 0.217 e. The Morgan fingerprint density at radius 2 is 2.14 bits per heavy atom. The molecule has 0 aliphatic rings. The average molecular weight is 195 g/mol. The number of aryl methyl sites for hydroxylation is 2. The Bertz CT molecular complexity index is 341. The maximum atomic E-state index is 10.6. The van der Waals surface area contributed by atoms with Gasteiger partial charge in [0.05, 0.1) is 5.69 Å². The number of carbonyl (C=O) groups is 1. The van der Waals surface area contributed by atoms with Gasteiger partial charge in [0.25, 0.3) is 0 Å². The molecule has 1 rings (SSSR count). The SMILES string of the molecule is Cc1nn(C)c(C)c1CCCC(N)=O. The van der Waals surface area contributed by atoms with E-state index in [1.807, 2.05) is 25.6 Å². The molecule has 0 atom stereocenters. The fourth-order valence-electron chi connectivity index (χ4n) is 1.62. The van der Waals surface area contributed by atoms with Crippen LogP contribution in [0.3, 0.4) is 0 Å². The molecule has 0 aliphatic heterocycles. The van der Waals surface area contributed by atoms with Gasteiger partial charge in [0, 0.05) is 19.2 Å². The summed E-state index contributed by atoms with van der Waals surface area (Å²) in [7, 11) is 1.93. The number of hydrogen-bond acceptors (Lipinski definition) is 2. The van der Waals surface area contributed by atoms with Crippen LogP contribution >= 0.6 is 0 Å². The maximum Gasteiger partial charge on any atom is 0.217 e. The highest BCUT2D eigenvalue weighted by Gasteiger charge is 2.08. The number of amides is 1. The summed E-state index contributed by atoms with van der Waals surface area (Å²) in [6, 6.07) is 0. The van der Waals surface area contributed by atoms with Crippen LogP contribution in [0.5, 0.6) is 0 Å². The minimum absolute atomic E-state index is 0.232. The van der Waals surface area contributed by atoms with Crippen LogP contribution < -0.4 is 5.73 Å². The van der Waals surface area contributed by atoms with Crippen molar-refractivity contribution >= 4 is 5.91 Å². The van der Waals surface area contributed by atoms with Crippen molar-refractivity contribution in [1.29, 1.82) is 0 Å². The van der Waals surface area contributed by atoms with Gasteiger partial charge in [-0.2, -0.15) is 5.10 Å². The van der Waals surface area contributed by atoms with Crippen LogP contribution in [0, 0.1) is 13.8 Å². The van der Waals surface area contributed by atoms with Gasteiger partial charge in [-0.15, -0.1) is 0 Å². The van der Waals surface area contributed by atoms with Crippen molar-refractivity contribution in [2.75, 3.05) is 0 Å². The number of primary amides is 1. The summed E-state index contributed by atoms with van der Waals surface area (Å²) in [5.74, 6) is -0.232. The second-order valence-electron chi connectivity index (χ2n) is 3.59. The molecule has 0 saturated carbocycles. The quantitative estimate of drug-likeness (QED) is 0.774. The Morgan fingerprint density at radius 1 is 1.50 bits per heavy atom. The number of hydrogen-bond donors (Lipinski definition) is 1. The van der Waals surface area contributed by atoms with Crippen molar-refractivity contribution in [2.45, 2.75) is 33.1 Å². The van der Waals surface area contributed by atoms with Crippen molar-refractivity contribution < 1.29 is 4.79 Å². The first-order chi connectivity index (χ1) is 6.52. The van der Waals surface area contributed by atoms with Crippen molar-refractivity contribution in [1.82, 2.24) is 9.78 Å². The molecule has 0 unspecified atom stereocenters. The number of aromatic nitrogens is 2. The molecule has 0 aromatic carbocycles. The van der Waals surface area contributed by atoms with E-state index in [9.17, 15) is 4.79 Å². The Hall–Kier alpha value is -1.32. The van der Waals surface area contributed by atoms with Gasteiger partial charge in [0.2, 0.25) is 5.91 Å². The first-order valence-electron chi connectivity index (χ1n) is 4.79. The standard InChI is InChI=1S/C10H17N3O/c1-7-9(5-4-6-10(11)14)8(2)13(3)12-7/h4-6H2,1-3H3,(H2,11,14). The van der Waals surface area contributed by atoms with Crippen molar-refractivity contribution in [3.8, 4) is 0 Å². The second-order valence-corrected chi connectivity index (χ2v) is 3.59. The molecule has 78 valence electrons. The van der Waals surface area contributed by atoms with E-state index in [1.54, 1.807) is 0 Å². The Morgan fingerprint density at radius 3 is 2.57 bits per heavy atom. The van der Waals surface area contributed by atoms with Crippen LogP contribution in [0.25, 0.3) is 0 Å². The first kappa shape index (κ1) is 10.8. The Balaban J connectivity index is 2.62. The summed E-state index contributed by atoms with van der Waals surface area (Å²) in [4.78, 5) is 10.6. The molecule has 0 bridgehead atoms. The van der Waals surface area contributed by atoms with E-state index in [4.69, 9.17) is 5.73 Å². The van der Waals surface area contributed by atoms with Crippen LogP contribution in [0.4, 0.5) is 0 Å². The van der Waals surface area contributed by atoms with Crippen LogP contribution in [0.15, 0.2) is 0 Å². The van der Waals surface area contributed by atoms with Gasteiger partial charge in [0.1, 0.15) is 0 Å². The molecule has 0 saturated heterocycles. The average Bonchev–Trinajstić information content (AvgIpc) is 2.31. The second kappa shape index (κ2) is 4.26. The van der Waals surface area contributed by atoms with Gasteiger partial charge in [-0.3, -0.25) is 9.48 Å². The van der Waals surface area contributed by atoms with E-state index < -0.39 is 0 Å². The van der Waals surface area contributed by atoms with Gasteiger partial charge in [-0.05, 0) is 32.3 Å². The predicted octanol–water partition coefficient (Wildman–Crippen LogP) is 0.845. The van der Waals surface area contributed by atoms with Crippen LogP contribution in [-0.4, -0.2) is 15.7 Å². The lowest BCUT2D eigenvalue weighted by atomic mass is 10.1. The molecule has 2 N–H and O–H groups in total. The molecule has 1 aromatic rings. The van der Waals surface area contributed by atoms with E-state index >= 15 is 0 Å². The largest absolute Gasteiger partial charge is 0.370 e. The van der Waals surface area contributed by atoms with E-state index in [-0.39, 0.29) is 5.91 Å². The van der Waals surface area contributed by atoms with Gasteiger partial charge in [0.15, 0.2) is 0 Å². The predicted molar refractivity (Wildman–Crippen MR) is 54.8 cm³/mol. The molecular formula is C10H17N3O. The monoisotopic (exact) mass is 195 g/mol. The van der Waals surface area contributed by atoms with E-state index in [0.717, 1.165) is 18.5 Å². The third-order valence-corrected chi connectivity index (χ3v) is 2.51. The number of rotatable bonds is 4. The molecule has 4 heteroatoms. The third-order valence-electron chi connectivity index (χ3n) is 2.51. The summed E-state index contributed by atoms with van der Waals surface area (Å²) in [5.41, 5.74) is 8.55. The lowest BCUT2D eigenvalue weighted by molar-refractivity contribution is -0.118. The summed E-state index contributed by atoms with van der Waals surface area (Å²) in [5, 5.41) is 4.31. The number of carbonyl (C=O) groups excluding carboxylic acids is 1. The van der Waals surface area contributed by atoms with Crippen LogP contribution in [0.2, 0.25) is 0 Å². The van der Waals surface area contributed by atoms with Crippen molar-refractivity contribution in [2.24, 2.45) is 12.8 Å². The zero-order chi connectivity index (χ0) is 10.7. The molecule has 1 heterocycles. The lowest BCUT2D eigenvalue weighted by Gasteiger charge is -2.00. The molecule has 1 aromatic heterocycles. The zero-order valence-corrected chi connectivity index (χ0v) is 9.00. The first-order valence-corrected chi connectivity index (χ1v) is 4.79. The third kappa shape index (κ3) is 2.34. The summed E-state index contributed by atoms with van der Waals surface area (Å²) < 4.78 is 1.87. The summed E-state index contributed by atoms with van der Waals surface area (Å²) >= 11 is 0. The van der Waals surface area contributed by atoms with E-state index in [2.05, 4.69) is 5.10 Å². The molecule has 0 aliphatic carbocycles. The fraction of sp³-hybridized carbons (Fsp3) is 0.600. The number of nitrogens with zero attached hydrogens (tertiary/aromatic N) is 2. The molecule has 0 fully saturated rings. The fourth-order valence-corrected chi connectivity index (χ4v) is 1.62. The highest BCUT2D eigenvalue weighted by atomic mass is 16.1. The zero-order valence-electron chi connectivity index (χ0n) is 9.00. The van der Waals surface area contributed by atoms with Gasteiger partial charge >= 0.3 is 0 Å². The van der Waals surface area contributed by atoms with E-state index in [0.29, 0.717) is 6.42 Å². The normalized spacial score (nSPS) is 10.5. The topological polar surface area (TPSA) is 60.9 Å². The van der Waals surface area contributed by atoms with Crippen LogP contribution in [-0.2, 0) is 18.3 Å². The van der Waals surface area contributed by atoms with Gasteiger partial charge < -0.3 is 5.73 Å². The molecule has 0 radical (unpaired) electrons. The van der Waals surface area contributed by atoms with Gasteiger partial charge in [-0.25, -0.2) is 0 Å². The molecule has 14 heavy (non-hydrogen) atoms. The highest BCUT2D eigenvalue weighted by Crippen LogP contribution is 2.14. The molecule has 1 amide bonds. The summed E-state index contributed by atoms with van der Waals surface area (Å²) in [6.45, 7) is 4.03. The minimum Gasteiger partial charge on any atom is -0.370 e. The van der Waals surface area contributed by atoms with E-state index in [1.165, 1.54) is 11.3 Å². The summed E-state index contributed by atoms with van der Waals surface area (Å²) in [6.07, 6.45) is 2.14. The molecular weight excluding hydrogens is 178 g/mol. The van der Waals surface area contributed by atoms with Crippen LogP contribution in [0.1, 0.15) is 29.8 Å². The highest BCUT2D eigenvalue weighted by molar-refractivity contribution is 5.73. The number of nitrogens with two attached hydrogens (primary N) is 1. The maximum absolute atomic E-state index is 10.6. The lowest BCUT2D eigenvalue weighted by Crippen LogP contribution is -2.10.